The number of benzene rings is 1. The number of hydrogen-bond donors (Lipinski definition) is 0. The zero-order valence-electron chi connectivity index (χ0n) is 16.1. The molecule has 6 heteroatoms. The highest BCUT2D eigenvalue weighted by Crippen LogP contribution is 2.23. The lowest BCUT2D eigenvalue weighted by Gasteiger charge is -2.35. The van der Waals surface area contributed by atoms with Crippen molar-refractivity contribution in [1.29, 1.82) is 0 Å². The first-order valence-electron chi connectivity index (χ1n) is 10.1. The van der Waals surface area contributed by atoms with Crippen LogP contribution in [0.15, 0.2) is 29.3 Å². The minimum absolute atomic E-state index is 0.0484. The third-order valence-corrected chi connectivity index (χ3v) is 6.05. The van der Waals surface area contributed by atoms with Gasteiger partial charge in [-0.25, -0.2) is 4.98 Å². The van der Waals surface area contributed by atoms with E-state index in [0.717, 1.165) is 57.4 Å². The van der Waals surface area contributed by atoms with Gasteiger partial charge in [-0.2, -0.15) is 0 Å². The van der Waals surface area contributed by atoms with Gasteiger partial charge in [-0.1, -0.05) is 0 Å². The zero-order valence-corrected chi connectivity index (χ0v) is 16.1. The highest BCUT2D eigenvalue weighted by molar-refractivity contribution is 5.78. The van der Waals surface area contributed by atoms with E-state index in [-0.39, 0.29) is 5.56 Å². The van der Waals surface area contributed by atoms with Gasteiger partial charge in [0, 0.05) is 32.4 Å². The molecule has 2 saturated heterocycles. The van der Waals surface area contributed by atoms with Crippen molar-refractivity contribution in [1.82, 2.24) is 14.5 Å². The first-order chi connectivity index (χ1) is 13.2. The van der Waals surface area contributed by atoms with Crippen LogP contribution in [-0.4, -0.2) is 54.4 Å². The Balaban J connectivity index is 1.36. The predicted molar refractivity (Wildman–Crippen MR) is 105 cm³/mol. The van der Waals surface area contributed by atoms with E-state index in [4.69, 9.17) is 9.47 Å². The third kappa shape index (κ3) is 4.33. The predicted octanol–water partition coefficient (Wildman–Crippen LogP) is 2.54. The Morgan fingerprint density at radius 2 is 1.85 bits per heavy atom. The molecule has 27 heavy (non-hydrogen) atoms. The van der Waals surface area contributed by atoms with E-state index < -0.39 is 0 Å². The van der Waals surface area contributed by atoms with E-state index in [1.807, 2.05) is 18.2 Å². The molecule has 0 saturated carbocycles. The Morgan fingerprint density at radius 1 is 1.11 bits per heavy atom. The Hall–Kier alpha value is -1.92. The highest BCUT2D eigenvalue weighted by Gasteiger charge is 2.23. The minimum atomic E-state index is 0.0484. The third-order valence-electron chi connectivity index (χ3n) is 6.05. The fourth-order valence-corrected chi connectivity index (χ4v) is 4.32. The SMILES string of the molecule is COc1ccc2c(=O)n(CC3CCN(CC4CCOCC4)CC3)cnc2c1. The normalized spacial score (nSPS) is 20.2. The van der Waals surface area contributed by atoms with Gasteiger partial charge in [0.15, 0.2) is 0 Å². The number of nitrogens with zero attached hydrogens (tertiary/aromatic N) is 3. The van der Waals surface area contributed by atoms with E-state index in [1.54, 1.807) is 18.0 Å². The van der Waals surface area contributed by atoms with E-state index in [1.165, 1.54) is 19.4 Å². The maximum atomic E-state index is 12.8. The summed E-state index contributed by atoms with van der Waals surface area (Å²) in [7, 11) is 1.62. The van der Waals surface area contributed by atoms with Gasteiger partial charge in [-0.3, -0.25) is 9.36 Å². The van der Waals surface area contributed by atoms with E-state index >= 15 is 0 Å². The molecule has 4 rings (SSSR count). The molecule has 2 aromatic rings. The molecule has 0 bridgehead atoms. The van der Waals surface area contributed by atoms with Crippen LogP contribution in [0.4, 0.5) is 0 Å². The number of piperidine rings is 1. The summed E-state index contributed by atoms with van der Waals surface area (Å²) in [6.07, 6.45) is 6.39. The molecule has 146 valence electrons. The van der Waals surface area contributed by atoms with Gasteiger partial charge in [0.2, 0.25) is 0 Å². The first kappa shape index (κ1) is 18.4. The number of rotatable bonds is 5. The van der Waals surface area contributed by atoms with Gasteiger partial charge >= 0.3 is 0 Å². The van der Waals surface area contributed by atoms with Crippen LogP contribution in [0.5, 0.6) is 5.75 Å². The first-order valence-corrected chi connectivity index (χ1v) is 10.1. The van der Waals surface area contributed by atoms with Gasteiger partial charge in [0.25, 0.3) is 5.56 Å². The Kier molecular flexibility index (Phi) is 5.74. The summed E-state index contributed by atoms with van der Waals surface area (Å²) in [5, 5.41) is 0.662. The van der Waals surface area contributed by atoms with Crippen molar-refractivity contribution in [2.45, 2.75) is 32.2 Å². The van der Waals surface area contributed by atoms with Crippen molar-refractivity contribution in [2.24, 2.45) is 11.8 Å². The number of fused-ring (bicyclic) bond motifs is 1. The summed E-state index contributed by atoms with van der Waals surface area (Å²) in [4.78, 5) is 19.9. The molecule has 1 aromatic heterocycles. The maximum Gasteiger partial charge on any atom is 0.261 e. The van der Waals surface area contributed by atoms with Gasteiger partial charge in [0.05, 0.1) is 24.3 Å². The van der Waals surface area contributed by atoms with Gasteiger partial charge in [-0.15, -0.1) is 0 Å². The van der Waals surface area contributed by atoms with Crippen LogP contribution >= 0.6 is 0 Å². The highest BCUT2D eigenvalue weighted by atomic mass is 16.5. The standard InChI is InChI=1S/C21H29N3O3/c1-26-18-2-3-19-20(12-18)22-15-24(21(19)25)14-16-4-8-23(9-5-16)13-17-6-10-27-11-7-17/h2-3,12,15-17H,4-11,13-14H2,1H3. The van der Waals surface area contributed by atoms with E-state index in [2.05, 4.69) is 9.88 Å². The van der Waals surface area contributed by atoms with Crippen LogP contribution < -0.4 is 10.3 Å². The van der Waals surface area contributed by atoms with Crippen molar-refractivity contribution >= 4 is 10.9 Å². The number of ether oxygens (including phenoxy) is 2. The van der Waals surface area contributed by atoms with Crippen LogP contribution in [0.1, 0.15) is 25.7 Å². The van der Waals surface area contributed by atoms with Crippen molar-refractivity contribution < 1.29 is 9.47 Å². The Labute approximate surface area is 160 Å². The molecule has 0 radical (unpaired) electrons. The van der Waals surface area contributed by atoms with Gasteiger partial charge in [-0.05, 0) is 62.7 Å². The van der Waals surface area contributed by atoms with Crippen molar-refractivity contribution in [3.63, 3.8) is 0 Å². The Bertz CT molecular complexity index is 821. The van der Waals surface area contributed by atoms with Crippen LogP contribution in [0.25, 0.3) is 10.9 Å². The molecule has 0 N–H and O–H groups in total. The monoisotopic (exact) mass is 371 g/mol. The molecular weight excluding hydrogens is 342 g/mol. The smallest absolute Gasteiger partial charge is 0.261 e. The van der Waals surface area contributed by atoms with Crippen LogP contribution in [-0.2, 0) is 11.3 Å². The lowest BCUT2D eigenvalue weighted by Crippen LogP contribution is -2.40. The lowest BCUT2D eigenvalue weighted by atomic mass is 9.94. The largest absolute Gasteiger partial charge is 0.497 e. The molecule has 6 nitrogen and oxygen atoms in total. The summed E-state index contributed by atoms with van der Waals surface area (Å²) >= 11 is 0. The Morgan fingerprint density at radius 3 is 2.59 bits per heavy atom. The van der Waals surface area contributed by atoms with E-state index in [9.17, 15) is 4.79 Å². The quantitative estimate of drug-likeness (QED) is 0.808. The van der Waals surface area contributed by atoms with Crippen LogP contribution in [0.2, 0.25) is 0 Å². The molecule has 0 unspecified atom stereocenters. The summed E-state index contributed by atoms with van der Waals surface area (Å²) in [5.74, 6) is 2.06. The van der Waals surface area contributed by atoms with Crippen molar-refractivity contribution in [3.8, 4) is 5.75 Å². The fourth-order valence-electron chi connectivity index (χ4n) is 4.32. The van der Waals surface area contributed by atoms with E-state index in [0.29, 0.717) is 16.8 Å². The fraction of sp³-hybridized carbons (Fsp3) is 0.619. The topological polar surface area (TPSA) is 56.6 Å². The second kappa shape index (κ2) is 8.40. The van der Waals surface area contributed by atoms with Gasteiger partial charge in [0.1, 0.15) is 5.75 Å². The minimum Gasteiger partial charge on any atom is -0.497 e. The maximum absolute atomic E-state index is 12.8. The lowest BCUT2D eigenvalue weighted by molar-refractivity contribution is 0.0461. The number of methoxy groups -OCH3 is 1. The molecule has 2 aliphatic rings. The summed E-state index contributed by atoms with van der Waals surface area (Å²) in [6.45, 7) is 6.08. The second-order valence-electron chi connectivity index (χ2n) is 7.88. The number of likely N-dealkylation sites (tertiary alicyclic amines) is 1. The molecule has 2 aliphatic heterocycles. The van der Waals surface area contributed by atoms with Gasteiger partial charge < -0.3 is 14.4 Å². The molecule has 1 aromatic carbocycles. The van der Waals surface area contributed by atoms with Crippen molar-refractivity contribution in [2.75, 3.05) is 40.0 Å². The summed E-state index contributed by atoms with van der Waals surface area (Å²) < 4.78 is 12.5. The molecule has 0 atom stereocenters. The molecular formula is C21H29N3O3. The second-order valence-corrected chi connectivity index (χ2v) is 7.88. The molecule has 0 aliphatic carbocycles. The van der Waals surface area contributed by atoms with Crippen molar-refractivity contribution in [3.05, 3.63) is 34.9 Å². The zero-order chi connectivity index (χ0) is 18.6. The average Bonchev–Trinajstić information content (AvgIpc) is 2.72. The van der Waals surface area contributed by atoms with Crippen LogP contribution in [0.3, 0.4) is 0 Å². The molecule has 0 spiro atoms. The summed E-state index contributed by atoms with van der Waals surface area (Å²) in [6, 6.07) is 5.46. The number of hydrogen-bond acceptors (Lipinski definition) is 5. The summed E-state index contributed by atoms with van der Waals surface area (Å²) in [5.41, 5.74) is 0.745. The number of aromatic nitrogens is 2. The molecule has 0 amide bonds. The molecule has 2 fully saturated rings. The molecule has 3 heterocycles. The van der Waals surface area contributed by atoms with Crippen LogP contribution in [0, 0.1) is 11.8 Å². The average molecular weight is 371 g/mol.